The molecular weight excluding hydrogens is 264 g/mol. The number of nitrogens with one attached hydrogen (secondary N) is 2. The Kier molecular flexibility index (Phi) is 3.88. The van der Waals surface area contributed by atoms with E-state index >= 15 is 0 Å². The van der Waals surface area contributed by atoms with Gasteiger partial charge in [0.25, 0.3) is 0 Å². The van der Waals surface area contributed by atoms with Crippen molar-refractivity contribution < 1.29 is 9.90 Å². The maximum Gasteiger partial charge on any atom is 0.241 e. The molecule has 0 aromatic heterocycles. The minimum absolute atomic E-state index is 0.0182. The van der Waals surface area contributed by atoms with Gasteiger partial charge in [0, 0.05) is 17.8 Å². The molecule has 1 aliphatic rings. The second-order valence-corrected chi connectivity index (χ2v) is 5.25. The van der Waals surface area contributed by atoms with E-state index < -0.39 is 0 Å². The summed E-state index contributed by atoms with van der Waals surface area (Å²) >= 11 is 0. The second kappa shape index (κ2) is 5.97. The van der Waals surface area contributed by atoms with Crippen molar-refractivity contribution >= 4 is 11.6 Å². The lowest BCUT2D eigenvalue weighted by Gasteiger charge is -2.15. The first-order valence-corrected chi connectivity index (χ1v) is 7.13. The average molecular weight is 282 g/mol. The van der Waals surface area contributed by atoms with Crippen LogP contribution < -0.4 is 10.6 Å². The third-order valence-electron chi connectivity index (χ3n) is 3.82. The predicted octanol–water partition coefficient (Wildman–Crippen LogP) is 2.44. The van der Waals surface area contributed by atoms with Gasteiger partial charge in [-0.3, -0.25) is 4.79 Å². The molecule has 1 heterocycles. The zero-order chi connectivity index (χ0) is 14.7. The van der Waals surface area contributed by atoms with Gasteiger partial charge in [-0.15, -0.1) is 0 Å². The van der Waals surface area contributed by atoms with Crippen molar-refractivity contribution in [3.63, 3.8) is 0 Å². The van der Waals surface area contributed by atoms with Crippen molar-refractivity contribution in [2.75, 3.05) is 5.32 Å². The molecule has 3 rings (SSSR count). The summed E-state index contributed by atoms with van der Waals surface area (Å²) in [6, 6.07) is 14.8. The van der Waals surface area contributed by atoms with E-state index in [1.807, 2.05) is 36.4 Å². The van der Waals surface area contributed by atoms with E-state index in [1.165, 1.54) is 0 Å². The third-order valence-corrected chi connectivity index (χ3v) is 3.82. The molecule has 1 aliphatic heterocycles. The van der Waals surface area contributed by atoms with Gasteiger partial charge >= 0.3 is 0 Å². The van der Waals surface area contributed by atoms with Gasteiger partial charge in [0.05, 0.1) is 6.04 Å². The number of phenols is 1. The maximum absolute atomic E-state index is 12.2. The smallest absolute Gasteiger partial charge is 0.241 e. The highest BCUT2D eigenvalue weighted by Gasteiger charge is 2.22. The van der Waals surface area contributed by atoms with Gasteiger partial charge in [-0.05, 0) is 30.5 Å². The van der Waals surface area contributed by atoms with Crippen LogP contribution in [0.1, 0.15) is 17.5 Å². The zero-order valence-corrected chi connectivity index (χ0v) is 11.7. The van der Waals surface area contributed by atoms with E-state index in [9.17, 15) is 9.90 Å². The van der Waals surface area contributed by atoms with Gasteiger partial charge in [0.15, 0.2) is 0 Å². The summed E-state index contributed by atoms with van der Waals surface area (Å²) in [6.45, 7) is 0.473. The quantitative estimate of drug-likeness (QED) is 0.810. The molecule has 0 radical (unpaired) electrons. The highest BCUT2D eigenvalue weighted by molar-refractivity contribution is 5.96. The Morgan fingerprint density at radius 3 is 2.76 bits per heavy atom. The number of fused-ring (bicyclic) bond motifs is 1. The van der Waals surface area contributed by atoms with Crippen LogP contribution in [0.2, 0.25) is 0 Å². The minimum atomic E-state index is -0.253. The average Bonchev–Trinajstić information content (AvgIpc) is 2.65. The van der Waals surface area contributed by atoms with Gasteiger partial charge in [0.1, 0.15) is 5.75 Å². The number of aryl methyl sites for hydroxylation is 1. The van der Waals surface area contributed by atoms with E-state index in [1.54, 1.807) is 12.1 Å². The van der Waals surface area contributed by atoms with Crippen LogP contribution >= 0.6 is 0 Å². The summed E-state index contributed by atoms with van der Waals surface area (Å²) < 4.78 is 0. The number of phenolic OH excluding ortho intramolecular Hbond substituents is 1. The number of para-hydroxylation sites is 2. The van der Waals surface area contributed by atoms with Crippen molar-refractivity contribution in [2.24, 2.45) is 0 Å². The molecule has 3 N–H and O–H groups in total. The Morgan fingerprint density at radius 1 is 1.14 bits per heavy atom. The topological polar surface area (TPSA) is 61.4 Å². The van der Waals surface area contributed by atoms with Crippen LogP contribution in [0.15, 0.2) is 48.5 Å². The molecule has 4 heteroatoms. The van der Waals surface area contributed by atoms with Gasteiger partial charge in [-0.1, -0.05) is 36.4 Å². The van der Waals surface area contributed by atoms with Crippen LogP contribution in [0.5, 0.6) is 5.75 Å². The zero-order valence-electron chi connectivity index (χ0n) is 11.7. The third kappa shape index (κ3) is 3.06. The Balaban J connectivity index is 1.68. The fourth-order valence-corrected chi connectivity index (χ4v) is 2.60. The van der Waals surface area contributed by atoms with Crippen molar-refractivity contribution in [3.8, 4) is 5.75 Å². The molecule has 2 aromatic rings. The molecule has 0 fully saturated rings. The van der Waals surface area contributed by atoms with Crippen LogP contribution in [0.3, 0.4) is 0 Å². The van der Waals surface area contributed by atoms with Crippen LogP contribution in [-0.4, -0.2) is 17.1 Å². The molecule has 1 amide bonds. The first-order valence-electron chi connectivity index (χ1n) is 7.13. The van der Waals surface area contributed by atoms with Crippen molar-refractivity contribution in [2.45, 2.75) is 25.4 Å². The number of amides is 1. The highest BCUT2D eigenvalue weighted by Crippen LogP contribution is 2.22. The SMILES string of the molecule is O=C1Nc2ccccc2CCC1NCc1ccccc1O. The van der Waals surface area contributed by atoms with Crippen LogP contribution in [0.4, 0.5) is 5.69 Å². The Bertz CT molecular complexity index is 655. The molecule has 1 atom stereocenters. The Labute approximate surface area is 123 Å². The lowest BCUT2D eigenvalue weighted by Crippen LogP contribution is -2.39. The second-order valence-electron chi connectivity index (χ2n) is 5.25. The van der Waals surface area contributed by atoms with E-state index in [-0.39, 0.29) is 17.7 Å². The molecule has 21 heavy (non-hydrogen) atoms. The molecule has 1 unspecified atom stereocenters. The van der Waals surface area contributed by atoms with Gasteiger partial charge < -0.3 is 15.7 Å². The summed E-state index contributed by atoms with van der Waals surface area (Å²) in [7, 11) is 0. The molecule has 108 valence electrons. The molecular formula is C17H18N2O2. The summed E-state index contributed by atoms with van der Waals surface area (Å²) in [4.78, 5) is 12.2. The monoisotopic (exact) mass is 282 g/mol. The van der Waals surface area contributed by atoms with Gasteiger partial charge in [0.2, 0.25) is 5.91 Å². The van der Waals surface area contributed by atoms with Crippen molar-refractivity contribution in [1.82, 2.24) is 5.32 Å². The van der Waals surface area contributed by atoms with Crippen molar-refractivity contribution in [3.05, 3.63) is 59.7 Å². The molecule has 0 spiro atoms. The number of anilines is 1. The Hall–Kier alpha value is -2.33. The van der Waals surface area contributed by atoms with Crippen LogP contribution in [-0.2, 0) is 17.8 Å². The van der Waals surface area contributed by atoms with Crippen molar-refractivity contribution in [1.29, 1.82) is 0 Å². The van der Waals surface area contributed by atoms with Gasteiger partial charge in [-0.25, -0.2) is 0 Å². The lowest BCUT2D eigenvalue weighted by molar-refractivity contribution is -0.118. The normalized spacial score (nSPS) is 17.7. The standard InChI is InChI=1S/C17H18N2O2/c20-16-8-4-2-6-13(16)11-18-15-10-9-12-5-1-3-7-14(12)19-17(15)21/h1-8,15,18,20H,9-11H2,(H,19,21). The summed E-state index contributed by atoms with van der Waals surface area (Å²) in [5, 5.41) is 16.0. The summed E-state index contributed by atoms with van der Waals surface area (Å²) in [5.74, 6) is 0.234. The minimum Gasteiger partial charge on any atom is -0.508 e. The van der Waals surface area contributed by atoms with E-state index in [2.05, 4.69) is 10.6 Å². The van der Waals surface area contributed by atoms with Crippen LogP contribution in [0.25, 0.3) is 0 Å². The number of hydrogen-bond donors (Lipinski definition) is 3. The van der Waals surface area contributed by atoms with Gasteiger partial charge in [-0.2, -0.15) is 0 Å². The number of hydrogen-bond acceptors (Lipinski definition) is 3. The fourth-order valence-electron chi connectivity index (χ4n) is 2.60. The highest BCUT2D eigenvalue weighted by atomic mass is 16.3. The van der Waals surface area contributed by atoms with E-state index in [0.717, 1.165) is 29.7 Å². The molecule has 0 saturated carbocycles. The Morgan fingerprint density at radius 2 is 1.90 bits per heavy atom. The molecule has 0 saturated heterocycles. The number of carbonyl (C=O) groups excluding carboxylic acids is 1. The molecule has 4 nitrogen and oxygen atoms in total. The van der Waals surface area contributed by atoms with E-state index in [0.29, 0.717) is 6.54 Å². The predicted molar refractivity (Wildman–Crippen MR) is 82.1 cm³/mol. The first kappa shape index (κ1) is 13.6. The molecule has 0 aliphatic carbocycles. The molecule has 2 aromatic carbocycles. The number of rotatable bonds is 3. The van der Waals surface area contributed by atoms with E-state index in [4.69, 9.17) is 0 Å². The number of benzene rings is 2. The fraction of sp³-hybridized carbons (Fsp3) is 0.235. The van der Waals surface area contributed by atoms with Crippen LogP contribution in [0, 0.1) is 0 Å². The summed E-state index contributed by atoms with van der Waals surface area (Å²) in [6.07, 6.45) is 1.60. The molecule has 0 bridgehead atoms. The first-order chi connectivity index (χ1) is 10.2. The summed E-state index contributed by atoms with van der Waals surface area (Å²) in [5.41, 5.74) is 2.86. The number of carbonyl (C=O) groups is 1. The number of aromatic hydroxyl groups is 1. The lowest BCUT2D eigenvalue weighted by atomic mass is 10.1. The maximum atomic E-state index is 12.2. The largest absolute Gasteiger partial charge is 0.508 e.